The average molecular weight is 258 g/mol. The number of aliphatic hydroxyl groups is 1. The molecular weight excluding hydrogens is 236 g/mol. The molecule has 1 rings (SSSR count). The Labute approximate surface area is 107 Å². The molecule has 1 aliphatic heterocycles. The molecule has 6 nitrogen and oxygen atoms in total. The molecule has 1 atom stereocenters. The second-order valence-electron chi connectivity index (χ2n) is 4.73. The van der Waals surface area contributed by atoms with Gasteiger partial charge in [0, 0.05) is 25.7 Å². The van der Waals surface area contributed by atoms with Crippen LogP contribution in [0.15, 0.2) is 0 Å². The normalized spacial score (nSPS) is 18.5. The van der Waals surface area contributed by atoms with Crippen molar-refractivity contribution < 1.29 is 19.8 Å². The molecule has 1 unspecified atom stereocenters. The number of hydrogen-bond acceptors (Lipinski definition) is 3. The number of likely N-dealkylation sites (tertiary alicyclic amines) is 1. The third-order valence-corrected chi connectivity index (χ3v) is 3.32. The monoisotopic (exact) mass is 258 g/mol. The summed E-state index contributed by atoms with van der Waals surface area (Å²) < 4.78 is 0. The van der Waals surface area contributed by atoms with Crippen molar-refractivity contribution in [3.05, 3.63) is 0 Å². The topological polar surface area (TPSA) is 81.1 Å². The molecule has 0 spiro atoms. The van der Waals surface area contributed by atoms with E-state index in [2.05, 4.69) is 0 Å². The Bertz CT molecular complexity index is 300. The van der Waals surface area contributed by atoms with Crippen LogP contribution in [0.4, 0.5) is 4.79 Å². The molecule has 0 radical (unpaired) electrons. The van der Waals surface area contributed by atoms with Crippen LogP contribution in [0.5, 0.6) is 0 Å². The van der Waals surface area contributed by atoms with E-state index in [0.717, 1.165) is 0 Å². The number of rotatable bonds is 4. The van der Waals surface area contributed by atoms with Crippen LogP contribution in [0.1, 0.15) is 33.1 Å². The molecule has 0 aromatic carbocycles. The number of nitrogens with zero attached hydrogens (tertiary/aromatic N) is 2. The lowest BCUT2D eigenvalue weighted by Gasteiger charge is -2.36. The first-order valence-electron chi connectivity index (χ1n) is 6.41. The zero-order valence-electron chi connectivity index (χ0n) is 11.0. The van der Waals surface area contributed by atoms with E-state index in [0.29, 0.717) is 32.5 Å². The van der Waals surface area contributed by atoms with Gasteiger partial charge in [-0.2, -0.15) is 0 Å². The highest BCUT2D eigenvalue weighted by atomic mass is 16.4. The van der Waals surface area contributed by atoms with Crippen molar-refractivity contribution >= 4 is 12.0 Å². The molecule has 0 aromatic rings. The summed E-state index contributed by atoms with van der Waals surface area (Å²) in [5.41, 5.74) is 0. The molecule has 2 amide bonds. The van der Waals surface area contributed by atoms with Gasteiger partial charge in [-0.25, -0.2) is 4.79 Å². The van der Waals surface area contributed by atoms with Crippen molar-refractivity contribution in [1.82, 2.24) is 9.80 Å². The van der Waals surface area contributed by atoms with Crippen LogP contribution in [0.2, 0.25) is 0 Å². The molecule has 1 saturated heterocycles. The van der Waals surface area contributed by atoms with Gasteiger partial charge in [-0.15, -0.1) is 0 Å². The quantitative estimate of drug-likeness (QED) is 0.779. The lowest BCUT2D eigenvalue weighted by atomic mass is 10.1. The summed E-state index contributed by atoms with van der Waals surface area (Å²) in [7, 11) is 0. The van der Waals surface area contributed by atoms with Gasteiger partial charge in [-0.3, -0.25) is 4.79 Å². The number of hydrogen-bond donors (Lipinski definition) is 2. The van der Waals surface area contributed by atoms with Crippen LogP contribution < -0.4 is 0 Å². The summed E-state index contributed by atoms with van der Waals surface area (Å²) >= 11 is 0. The molecule has 6 heteroatoms. The number of carboxylic acid groups (broad SMARTS) is 1. The number of carbonyl (C=O) groups is 2. The second-order valence-corrected chi connectivity index (χ2v) is 4.73. The van der Waals surface area contributed by atoms with E-state index in [1.165, 1.54) is 0 Å². The second kappa shape index (κ2) is 6.58. The maximum Gasteiger partial charge on any atom is 0.320 e. The zero-order chi connectivity index (χ0) is 13.7. The maximum atomic E-state index is 12.2. The van der Waals surface area contributed by atoms with Crippen LogP contribution in [0.3, 0.4) is 0 Å². The van der Waals surface area contributed by atoms with E-state index in [-0.39, 0.29) is 24.6 Å². The highest BCUT2D eigenvalue weighted by Crippen LogP contribution is 2.14. The standard InChI is InChI=1S/C12H22N2O4/c1-3-14(9(2)8-11(16)17)12(18)13-6-4-10(15)5-7-13/h9-10,15H,3-8H2,1-2H3,(H,16,17). The molecule has 1 fully saturated rings. The number of carbonyl (C=O) groups excluding carboxylic acids is 1. The van der Waals surface area contributed by atoms with E-state index in [1.807, 2.05) is 6.92 Å². The van der Waals surface area contributed by atoms with Crippen molar-refractivity contribution in [1.29, 1.82) is 0 Å². The predicted octanol–water partition coefficient (Wildman–Crippen LogP) is 0.748. The van der Waals surface area contributed by atoms with E-state index in [1.54, 1.807) is 16.7 Å². The van der Waals surface area contributed by atoms with Gasteiger partial charge >= 0.3 is 12.0 Å². The third kappa shape index (κ3) is 3.87. The molecule has 0 aliphatic carbocycles. The van der Waals surface area contributed by atoms with Gasteiger partial charge in [0.2, 0.25) is 0 Å². The smallest absolute Gasteiger partial charge is 0.320 e. The molecule has 2 N–H and O–H groups in total. The first-order valence-corrected chi connectivity index (χ1v) is 6.41. The van der Waals surface area contributed by atoms with Gasteiger partial charge in [0.15, 0.2) is 0 Å². The van der Waals surface area contributed by atoms with Crippen molar-refractivity contribution in [3.63, 3.8) is 0 Å². The Balaban J connectivity index is 2.58. The SMILES string of the molecule is CCN(C(=O)N1CCC(O)CC1)C(C)CC(=O)O. The lowest BCUT2D eigenvalue weighted by molar-refractivity contribution is -0.138. The van der Waals surface area contributed by atoms with Gasteiger partial charge in [-0.05, 0) is 26.7 Å². The molecule has 0 bridgehead atoms. The van der Waals surface area contributed by atoms with Crippen LogP contribution in [-0.4, -0.2) is 63.8 Å². The fourth-order valence-electron chi connectivity index (χ4n) is 2.24. The van der Waals surface area contributed by atoms with Crippen LogP contribution >= 0.6 is 0 Å². The summed E-state index contributed by atoms with van der Waals surface area (Å²) in [5, 5.41) is 18.2. The van der Waals surface area contributed by atoms with E-state index >= 15 is 0 Å². The zero-order valence-corrected chi connectivity index (χ0v) is 11.0. The number of aliphatic carboxylic acids is 1. The fourth-order valence-corrected chi connectivity index (χ4v) is 2.24. The van der Waals surface area contributed by atoms with Crippen molar-refractivity contribution in [2.45, 2.75) is 45.3 Å². The van der Waals surface area contributed by atoms with Gasteiger partial charge < -0.3 is 20.0 Å². The molecule has 1 heterocycles. The Morgan fingerprint density at radius 3 is 2.39 bits per heavy atom. The number of urea groups is 1. The van der Waals surface area contributed by atoms with Crippen molar-refractivity contribution in [3.8, 4) is 0 Å². The largest absolute Gasteiger partial charge is 0.481 e. The van der Waals surface area contributed by atoms with E-state index in [9.17, 15) is 14.7 Å². The molecule has 104 valence electrons. The number of amides is 2. The summed E-state index contributed by atoms with van der Waals surface area (Å²) in [6.07, 6.45) is 0.823. The van der Waals surface area contributed by atoms with Crippen molar-refractivity contribution in [2.75, 3.05) is 19.6 Å². The Kier molecular flexibility index (Phi) is 5.40. The minimum atomic E-state index is -0.900. The highest BCUT2D eigenvalue weighted by Gasteiger charge is 2.28. The minimum Gasteiger partial charge on any atom is -0.481 e. The Morgan fingerprint density at radius 1 is 1.39 bits per heavy atom. The highest BCUT2D eigenvalue weighted by molar-refractivity contribution is 5.76. The number of aliphatic hydroxyl groups excluding tert-OH is 1. The molecule has 18 heavy (non-hydrogen) atoms. The first kappa shape index (κ1) is 14.8. The minimum absolute atomic E-state index is 0.0456. The van der Waals surface area contributed by atoms with Gasteiger partial charge in [0.1, 0.15) is 0 Å². The van der Waals surface area contributed by atoms with Crippen LogP contribution in [0, 0.1) is 0 Å². The molecular formula is C12H22N2O4. The fraction of sp³-hybridized carbons (Fsp3) is 0.833. The first-order chi connectivity index (χ1) is 8.45. The van der Waals surface area contributed by atoms with Crippen LogP contribution in [0.25, 0.3) is 0 Å². The predicted molar refractivity (Wildman–Crippen MR) is 66.3 cm³/mol. The van der Waals surface area contributed by atoms with Gasteiger partial charge in [0.25, 0.3) is 0 Å². The average Bonchev–Trinajstić information content (AvgIpc) is 2.29. The number of carboxylic acids is 1. The van der Waals surface area contributed by atoms with Crippen LogP contribution in [-0.2, 0) is 4.79 Å². The third-order valence-electron chi connectivity index (χ3n) is 3.32. The molecule has 0 saturated carbocycles. The van der Waals surface area contributed by atoms with E-state index < -0.39 is 5.97 Å². The lowest BCUT2D eigenvalue weighted by Crippen LogP contribution is -2.50. The van der Waals surface area contributed by atoms with Crippen molar-refractivity contribution in [2.24, 2.45) is 0 Å². The number of piperidine rings is 1. The molecule has 1 aliphatic rings. The maximum absolute atomic E-state index is 12.2. The van der Waals surface area contributed by atoms with Gasteiger partial charge in [0.05, 0.1) is 12.5 Å². The Morgan fingerprint density at radius 2 is 1.94 bits per heavy atom. The summed E-state index contributed by atoms with van der Waals surface area (Å²) in [6.45, 7) is 5.16. The van der Waals surface area contributed by atoms with Gasteiger partial charge in [-0.1, -0.05) is 0 Å². The summed E-state index contributed by atoms with van der Waals surface area (Å²) in [4.78, 5) is 26.2. The summed E-state index contributed by atoms with van der Waals surface area (Å²) in [5.74, 6) is -0.900. The Hall–Kier alpha value is -1.30. The summed E-state index contributed by atoms with van der Waals surface area (Å²) in [6, 6.07) is -0.440. The van der Waals surface area contributed by atoms with E-state index in [4.69, 9.17) is 5.11 Å². The molecule has 0 aromatic heterocycles.